The summed E-state index contributed by atoms with van der Waals surface area (Å²) in [6.07, 6.45) is 9.86. The van der Waals surface area contributed by atoms with Gasteiger partial charge in [-0.25, -0.2) is 0 Å². The van der Waals surface area contributed by atoms with Crippen LogP contribution in [0.1, 0.15) is 63.2 Å². The number of rotatable bonds is 10. The summed E-state index contributed by atoms with van der Waals surface area (Å²) in [5.41, 5.74) is 0. The van der Waals surface area contributed by atoms with Gasteiger partial charge in [-0.15, -0.1) is 11.3 Å². The number of thiophene rings is 1. The predicted molar refractivity (Wildman–Crippen MR) is 75.6 cm³/mol. The zero-order valence-corrected chi connectivity index (χ0v) is 11.7. The second-order valence-corrected chi connectivity index (χ2v) is 5.67. The van der Waals surface area contributed by atoms with Crippen LogP contribution in [0.2, 0.25) is 0 Å². The molecule has 0 radical (unpaired) electrons. The molecular formula is C15H24OS. The van der Waals surface area contributed by atoms with Gasteiger partial charge in [0.2, 0.25) is 0 Å². The highest BCUT2D eigenvalue weighted by Crippen LogP contribution is 2.13. The van der Waals surface area contributed by atoms with E-state index in [0.717, 1.165) is 32.1 Å². The lowest BCUT2D eigenvalue weighted by atomic mass is 10.1. The molecule has 2 heteroatoms. The van der Waals surface area contributed by atoms with E-state index in [4.69, 9.17) is 0 Å². The molecule has 0 aliphatic rings. The van der Waals surface area contributed by atoms with Crippen molar-refractivity contribution in [2.24, 2.45) is 0 Å². The van der Waals surface area contributed by atoms with Gasteiger partial charge in [0.15, 0.2) is 0 Å². The Morgan fingerprint density at radius 1 is 1.12 bits per heavy atom. The topological polar surface area (TPSA) is 17.1 Å². The maximum absolute atomic E-state index is 11.6. The van der Waals surface area contributed by atoms with Crippen molar-refractivity contribution in [3.05, 3.63) is 22.4 Å². The fourth-order valence-electron chi connectivity index (χ4n) is 1.97. The fraction of sp³-hybridized carbons (Fsp3) is 0.667. The summed E-state index contributed by atoms with van der Waals surface area (Å²) in [5, 5.41) is 2.10. The Labute approximate surface area is 109 Å². The molecule has 1 aromatic heterocycles. The Hall–Kier alpha value is -0.630. The molecule has 0 aliphatic carbocycles. The number of carbonyl (C=O) groups is 1. The zero-order valence-electron chi connectivity index (χ0n) is 10.9. The summed E-state index contributed by atoms with van der Waals surface area (Å²) in [6.45, 7) is 2.22. The van der Waals surface area contributed by atoms with Gasteiger partial charge in [-0.2, -0.15) is 0 Å². The van der Waals surface area contributed by atoms with E-state index >= 15 is 0 Å². The second-order valence-electron chi connectivity index (χ2n) is 4.64. The molecule has 0 aliphatic heterocycles. The number of unbranched alkanes of at least 4 members (excludes halogenated alkanes) is 4. The molecule has 0 amide bonds. The average molecular weight is 252 g/mol. The van der Waals surface area contributed by atoms with E-state index < -0.39 is 0 Å². The van der Waals surface area contributed by atoms with Crippen LogP contribution in [-0.2, 0) is 11.2 Å². The summed E-state index contributed by atoms with van der Waals surface area (Å²) < 4.78 is 0. The quantitative estimate of drug-likeness (QED) is 0.535. The van der Waals surface area contributed by atoms with Gasteiger partial charge in [0, 0.05) is 17.7 Å². The summed E-state index contributed by atoms with van der Waals surface area (Å²) in [4.78, 5) is 13.0. The SMILES string of the molecule is CCCCCCCC(=O)CCCc1cccs1. The minimum absolute atomic E-state index is 0.457. The first-order valence-corrected chi connectivity index (χ1v) is 7.75. The van der Waals surface area contributed by atoms with Crippen molar-refractivity contribution in [3.63, 3.8) is 0 Å². The van der Waals surface area contributed by atoms with Crippen molar-refractivity contribution >= 4 is 17.1 Å². The highest BCUT2D eigenvalue weighted by Gasteiger charge is 2.02. The largest absolute Gasteiger partial charge is 0.300 e. The van der Waals surface area contributed by atoms with Crippen LogP contribution in [0, 0.1) is 0 Å². The maximum atomic E-state index is 11.6. The standard InChI is InChI=1S/C15H24OS/c1-2-3-4-5-6-9-14(16)10-7-11-15-12-8-13-17-15/h8,12-13H,2-7,9-11H2,1H3. The third kappa shape index (κ3) is 7.32. The maximum Gasteiger partial charge on any atom is 0.132 e. The van der Waals surface area contributed by atoms with Crippen LogP contribution in [0.4, 0.5) is 0 Å². The summed E-state index contributed by atoms with van der Waals surface area (Å²) in [7, 11) is 0. The van der Waals surface area contributed by atoms with E-state index in [-0.39, 0.29) is 0 Å². The van der Waals surface area contributed by atoms with Crippen molar-refractivity contribution in [1.82, 2.24) is 0 Å². The third-order valence-electron chi connectivity index (χ3n) is 3.02. The smallest absolute Gasteiger partial charge is 0.132 e. The molecule has 0 N–H and O–H groups in total. The molecule has 0 spiro atoms. The number of Topliss-reactive ketones (excluding diaryl/α,β-unsaturated/α-hetero) is 1. The fourth-order valence-corrected chi connectivity index (χ4v) is 2.72. The molecule has 17 heavy (non-hydrogen) atoms. The third-order valence-corrected chi connectivity index (χ3v) is 3.95. The number of hydrogen-bond donors (Lipinski definition) is 0. The number of aryl methyl sites for hydroxylation is 1. The summed E-state index contributed by atoms with van der Waals surface area (Å²) in [5.74, 6) is 0.457. The van der Waals surface area contributed by atoms with E-state index in [1.54, 1.807) is 11.3 Å². The first-order valence-electron chi connectivity index (χ1n) is 6.87. The van der Waals surface area contributed by atoms with Gasteiger partial charge in [-0.3, -0.25) is 4.79 Å². The lowest BCUT2D eigenvalue weighted by molar-refractivity contribution is -0.119. The molecule has 96 valence electrons. The van der Waals surface area contributed by atoms with Gasteiger partial charge in [-0.1, -0.05) is 38.7 Å². The Kier molecular flexibility index (Phi) is 7.98. The molecule has 1 heterocycles. The molecule has 0 saturated carbocycles. The van der Waals surface area contributed by atoms with E-state index in [9.17, 15) is 4.79 Å². The number of carbonyl (C=O) groups excluding carboxylic acids is 1. The van der Waals surface area contributed by atoms with Crippen LogP contribution in [0.25, 0.3) is 0 Å². The highest BCUT2D eigenvalue weighted by molar-refractivity contribution is 7.09. The molecule has 1 nitrogen and oxygen atoms in total. The Morgan fingerprint density at radius 2 is 1.88 bits per heavy atom. The van der Waals surface area contributed by atoms with Gasteiger partial charge in [0.1, 0.15) is 5.78 Å². The van der Waals surface area contributed by atoms with Gasteiger partial charge in [0.25, 0.3) is 0 Å². The molecule has 1 rings (SSSR count). The first kappa shape index (κ1) is 14.4. The lowest BCUT2D eigenvalue weighted by Crippen LogP contribution is -1.98. The number of ketones is 1. The van der Waals surface area contributed by atoms with Crippen molar-refractivity contribution in [3.8, 4) is 0 Å². The average Bonchev–Trinajstić information content (AvgIpc) is 2.82. The molecule has 0 unspecified atom stereocenters. The van der Waals surface area contributed by atoms with E-state index in [1.807, 2.05) is 0 Å². The van der Waals surface area contributed by atoms with Crippen LogP contribution in [0.5, 0.6) is 0 Å². The van der Waals surface area contributed by atoms with Crippen molar-refractivity contribution < 1.29 is 4.79 Å². The Morgan fingerprint density at radius 3 is 2.59 bits per heavy atom. The van der Waals surface area contributed by atoms with Gasteiger partial charge in [-0.05, 0) is 30.7 Å². The summed E-state index contributed by atoms with van der Waals surface area (Å²) >= 11 is 1.79. The first-order chi connectivity index (χ1) is 8.33. The van der Waals surface area contributed by atoms with Crippen LogP contribution in [0.15, 0.2) is 17.5 Å². The van der Waals surface area contributed by atoms with Crippen LogP contribution in [0.3, 0.4) is 0 Å². The van der Waals surface area contributed by atoms with E-state index in [0.29, 0.717) is 5.78 Å². The second kappa shape index (κ2) is 9.41. The van der Waals surface area contributed by atoms with Gasteiger partial charge >= 0.3 is 0 Å². The Balaban J connectivity index is 1.94. The van der Waals surface area contributed by atoms with Crippen molar-refractivity contribution in [1.29, 1.82) is 0 Å². The molecule has 0 aromatic carbocycles. The molecule has 0 saturated heterocycles. The minimum atomic E-state index is 0.457. The lowest BCUT2D eigenvalue weighted by Gasteiger charge is -2.01. The van der Waals surface area contributed by atoms with Crippen LogP contribution in [-0.4, -0.2) is 5.78 Å². The molecule has 0 fully saturated rings. The van der Waals surface area contributed by atoms with Crippen LogP contribution >= 0.6 is 11.3 Å². The zero-order chi connectivity index (χ0) is 12.3. The molecule has 0 atom stereocenters. The van der Waals surface area contributed by atoms with E-state index in [1.165, 1.54) is 30.6 Å². The predicted octanol–water partition coefficient (Wildman–Crippen LogP) is 5.00. The van der Waals surface area contributed by atoms with Gasteiger partial charge < -0.3 is 0 Å². The molecular weight excluding hydrogens is 228 g/mol. The van der Waals surface area contributed by atoms with Crippen LogP contribution < -0.4 is 0 Å². The minimum Gasteiger partial charge on any atom is -0.300 e. The summed E-state index contributed by atoms with van der Waals surface area (Å²) in [6, 6.07) is 4.23. The monoisotopic (exact) mass is 252 g/mol. The van der Waals surface area contributed by atoms with Crippen molar-refractivity contribution in [2.45, 2.75) is 64.7 Å². The molecule has 1 aromatic rings. The van der Waals surface area contributed by atoms with Crippen molar-refractivity contribution in [2.75, 3.05) is 0 Å². The highest BCUT2D eigenvalue weighted by atomic mass is 32.1. The normalized spacial score (nSPS) is 10.6. The molecule has 0 bridgehead atoms. The van der Waals surface area contributed by atoms with E-state index in [2.05, 4.69) is 24.4 Å². The Bertz CT molecular complexity index is 290. The van der Waals surface area contributed by atoms with Gasteiger partial charge in [0.05, 0.1) is 0 Å². The number of hydrogen-bond acceptors (Lipinski definition) is 2.